The van der Waals surface area contributed by atoms with Gasteiger partial charge in [-0.3, -0.25) is 14.3 Å². The molecule has 0 aromatic carbocycles. The highest BCUT2D eigenvalue weighted by atomic mass is 32.2. The summed E-state index contributed by atoms with van der Waals surface area (Å²) in [5.74, 6) is 0.664. The predicted octanol–water partition coefficient (Wildman–Crippen LogP) is 2.11. The number of carbonyl (C=O) groups excluding carboxylic acids is 1. The first kappa shape index (κ1) is 15.7. The zero-order valence-electron chi connectivity index (χ0n) is 12.2. The molecule has 0 bridgehead atoms. The lowest BCUT2D eigenvalue weighted by molar-refractivity contribution is -0.131. The Kier molecular flexibility index (Phi) is 5.35. The number of hydrogen-bond acceptors (Lipinski definition) is 4. The van der Waals surface area contributed by atoms with Crippen molar-refractivity contribution >= 4 is 28.0 Å². The van der Waals surface area contributed by atoms with Crippen LogP contribution in [-0.2, 0) is 15.6 Å². The van der Waals surface area contributed by atoms with Crippen molar-refractivity contribution in [2.75, 3.05) is 12.0 Å². The Morgan fingerprint density at radius 2 is 2.30 bits per heavy atom. The van der Waals surface area contributed by atoms with E-state index in [2.05, 4.69) is 12.2 Å². The molecular weight excluding hydrogens is 292 g/mol. The van der Waals surface area contributed by atoms with Crippen LogP contribution >= 0.6 is 11.3 Å². The topological polar surface area (TPSA) is 49.4 Å². The predicted molar refractivity (Wildman–Crippen MR) is 84.1 cm³/mol. The number of nitrogens with zero attached hydrogens (tertiary/aromatic N) is 1. The van der Waals surface area contributed by atoms with Gasteiger partial charge in [-0.05, 0) is 24.8 Å². The van der Waals surface area contributed by atoms with Crippen LogP contribution in [0, 0.1) is 0 Å². The standard InChI is InChI=1S/C14H22N2O2S2/c1-4-6-11-14(17)16(10(2)9-20(3)18)13(15-11)12-7-5-8-19-12/h5,7-8,10-11,13,15H,4,6,9H2,1-3H3. The maximum Gasteiger partial charge on any atom is 0.241 e. The van der Waals surface area contributed by atoms with Crippen LogP contribution in [0.15, 0.2) is 17.5 Å². The zero-order valence-corrected chi connectivity index (χ0v) is 13.8. The number of carbonyl (C=O) groups is 1. The Balaban J connectivity index is 2.23. The molecule has 1 saturated heterocycles. The van der Waals surface area contributed by atoms with Gasteiger partial charge in [0.25, 0.3) is 0 Å². The Morgan fingerprint density at radius 1 is 1.55 bits per heavy atom. The average Bonchev–Trinajstić information content (AvgIpc) is 2.97. The fourth-order valence-corrected chi connectivity index (χ4v) is 4.32. The molecule has 2 rings (SSSR count). The van der Waals surface area contributed by atoms with Crippen molar-refractivity contribution < 1.29 is 9.00 Å². The third-order valence-electron chi connectivity index (χ3n) is 3.53. The summed E-state index contributed by atoms with van der Waals surface area (Å²) in [5, 5.41) is 5.46. The average molecular weight is 314 g/mol. The first-order chi connectivity index (χ1) is 9.54. The lowest BCUT2D eigenvalue weighted by Crippen LogP contribution is -2.41. The molecule has 1 fully saturated rings. The van der Waals surface area contributed by atoms with Crippen LogP contribution < -0.4 is 5.32 Å². The number of hydrogen-bond donors (Lipinski definition) is 1. The molecule has 1 aliphatic rings. The van der Waals surface area contributed by atoms with Crippen LogP contribution in [0.25, 0.3) is 0 Å². The summed E-state index contributed by atoms with van der Waals surface area (Å²) in [7, 11) is -0.902. The quantitative estimate of drug-likeness (QED) is 0.875. The third kappa shape index (κ3) is 3.30. The maximum atomic E-state index is 12.6. The van der Waals surface area contributed by atoms with Gasteiger partial charge in [-0.1, -0.05) is 19.4 Å². The third-order valence-corrected chi connectivity index (χ3v) is 5.41. The number of nitrogens with one attached hydrogen (secondary N) is 1. The second-order valence-corrected chi connectivity index (χ2v) is 7.72. The molecule has 20 heavy (non-hydrogen) atoms. The molecule has 4 nitrogen and oxygen atoms in total. The summed E-state index contributed by atoms with van der Waals surface area (Å²) >= 11 is 1.65. The second kappa shape index (κ2) is 6.83. The molecule has 1 aliphatic heterocycles. The van der Waals surface area contributed by atoms with Gasteiger partial charge >= 0.3 is 0 Å². The van der Waals surface area contributed by atoms with Crippen molar-refractivity contribution in [2.45, 2.75) is 44.9 Å². The van der Waals surface area contributed by atoms with Crippen LogP contribution in [-0.4, -0.2) is 39.1 Å². The SMILES string of the molecule is CCCC1NC(c2cccs2)N(C(C)CS(C)=O)C1=O. The number of amides is 1. The molecule has 1 amide bonds. The fraction of sp³-hybridized carbons (Fsp3) is 0.643. The van der Waals surface area contributed by atoms with E-state index >= 15 is 0 Å². The van der Waals surface area contributed by atoms with E-state index in [0.717, 1.165) is 17.7 Å². The van der Waals surface area contributed by atoms with Crippen molar-refractivity contribution in [1.29, 1.82) is 0 Å². The van der Waals surface area contributed by atoms with Gasteiger partial charge in [0.1, 0.15) is 6.17 Å². The van der Waals surface area contributed by atoms with Crippen LogP contribution in [0.4, 0.5) is 0 Å². The number of rotatable bonds is 6. The Labute approximate surface area is 127 Å². The molecular formula is C14H22N2O2S2. The molecule has 4 unspecified atom stereocenters. The minimum atomic E-state index is -0.902. The van der Waals surface area contributed by atoms with Crippen LogP contribution in [0.2, 0.25) is 0 Å². The van der Waals surface area contributed by atoms with Crippen LogP contribution in [0.3, 0.4) is 0 Å². The normalized spacial score (nSPS) is 25.9. The Hall–Kier alpha value is -0.720. The lowest BCUT2D eigenvalue weighted by atomic mass is 10.1. The fourth-order valence-electron chi connectivity index (χ4n) is 2.70. The highest BCUT2D eigenvalue weighted by Gasteiger charge is 2.41. The second-order valence-electron chi connectivity index (χ2n) is 5.26. The first-order valence-corrected chi connectivity index (χ1v) is 9.57. The summed E-state index contributed by atoms with van der Waals surface area (Å²) in [6.07, 6.45) is 3.44. The highest BCUT2D eigenvalue weighted by Crippen LogP contribution is 2.31. The summed E-state index contributed by atoms with van der Waals surface area (Å²) in [4.78, 5) is 15.6. The summed E-state index contributed by atoms with van der Waals surface area (Å²) in [6.45, 7) is 4.07. The van der Waals surface area contributed by atoms with Gasteiger partial charge in [0.2, 0.25) is 5.91 Å². The van der Waals surface area contributed by atoms with E-state index < -0.39 is 10.8 Å². The molecule has 0 saturated carbocycles. The van der Waals surface area contributed by atoms with E-state index in [1.54, 1.807) is 17.6 Å². The lowest BCUT2D eigenvalue weighted by Gasteiger charge is -2.29. The van der Waals surface area contributed by atoms with Crippen LogP contribution in [0.5, 0.6) is 0 Å². The monoisotopic (exact) mass is 314 g/mol. The Morgan fingerprint density at radius 3 is 2.85 bits per heavy atom. The molecule has 2 heterocycles. The minimum absolute atomic E-state index is 0.0187. The van der Waals surface area contributed by atoms with Gasteiger partial charge in [-0.15, -0.1) is 11.3 Å². The van der Waals surface area contributed by atoms with Gasteiger partial charge in [0, 0.05) is 33.7 Å². The van der Waals surface area contributed by atoms with Gasteiger partial charge in [-0.2, -0.15) is 0 Å². The number of thiophene rings is 1. The van der Waals surface area contributed by atoms with Gasteiger partial charge in [0.15, 0.2) is 0 Å². The van der Waals surface area contributed by atoms with E-state index in [4.69, 9.17) is 0 Å². The van der Waals surface area contributed by atoms with Crippen molar-refractivity contribution in [3.05, 3.63) is 22.4 Å². The van der Waals surface area contributed by atoms with Gasteiger partial charge in [0.05, 0.1) is 6.04 Å². The summed E-state index contributed by atoms with van der Waals surface area (Å²) in [6, 6.07) is 3.92. The molecule has 0 spiro atoms. The molecule has 6 heteroatoms. The van der Waals surface area contributed by atoms with E-state index in [-0.39, 0.29) is 24.2 Å². The minimum Gasteiger partial charge on any atom is -0.317 e. The maximum absolute atomic E-state index is 12.6. The van der Waals surface area contributed by atoms with E-state index in [1.807, 2.05) is 29.3 Å². The largest absolute Gasteiger partial charge is 0.317 e. The molecule has 1 aromatic heterocycles. The van der Waals surface area contributed by atoms with Crippen LogP contribution in [0.1, 0.15) is 37.7 Å². The molecule has 1 N–H and O–H groups in total. The van der Waals surface area contributed by atoms with Gasteiger partial charge < -0.3 is 4.90 Å². The van der Waals surface area contributed by atoms with Crippen molar-refractivity contribution in [1.82, 2.24) is 10.2 Å². The summed E-state index contributed by atoms with van der Waals surface area (Å²) < 4.78 is 11.5. The van der Waals surface area contributed by atoms with Crippen molar-refractivity contribution in [3.8, 4) is 0 Å². The molecule has 1 aromatic rings. The molecule has 4 atom stereocenters. The van der Waals surface area contributed by atoms with Gasteiger partial charge in [-0.25, -0.2) is 0 Å². The van der Waals surface area contributed by atoms with E-state index in [0.29, 0.717) is 5.75 Å². The highest BCUT2D eigenvalue weighted by molar-refractivity contribution is 7.84. The molecule has 0 aliphatic carbocycles. The van der Waals surface area contributed by atoms with Crippen molar-refractivity contribution in [2.24, 2.45) is 0 Å². The molecule has 0 radical (unpaired) electrons. The first-order valence-electron chi connectivity index (χ1n) is 6.96. The smallest absolute Gasteiger partial charge is 0.241 e. The summed E-state index contributed by atoms with van der Waals surface area (Å²) in [5.41, 5.74) is 0. The zero-order chi connectivity index (χ0) is 14.7. The van der Waals surface area contributed by atoms with E-state index in [1.165, 1.54) is 0 Å². The Bertz CT molecular complexity index is 476. The van der Waals surface area contributed by atoms with Crippen molar-refractivity contribution in [3.63, 3.8) is 0 Å². The molecule has 112 valence electrons. The van der Waals surface area contributed by atoms with E-state index in [9.17, 15) is 9.00 Å².